The van der Waals surface area contributed by atoms with E-state index in [9.17, 15) is 10.1 Å². The number of halogens is 2. The molecule has 0 saturated carbocycles. The van der Waals surface area contributed by atoms with Crippen molar-refractivity contribution < 1.29 is 9.53 Å². The molecule has 0 spiro atoms. The van der Waals surface area contributed by atoms with Crippen LogP contribution < -0.4 is 0 Å². The average molecular weight is 557 g/mol. The van der Waals surface area contributed by atoms with Gasteiger partial charge < -0.3 is 9.64 Å². The molecule has 6 rings (SSSR count). The van der Waals surface area contributed by atoms with Crippen molar-refractivity contribution in [2.24, 2.45) is 0 Å². The van der Waals surface area contributed by atoms with Crippen LogP contribution in [0.1, 0.15) is 29.2 Å². The number of nitrogens with zero attached hydrogens (tertiary/aromatic N) is 6. The lowest BCUT2D eigenvalue weighted by Gasteiger charge is -2.34. The molecule has 1 fully saturated rings. The van der Waals surface area contributed by atoms with Gasteiger partial charge in [-0.05, 0) is 53.6 Å². The number of pyridine rings is 1. The summed E-state index contributed by atoms with van der Waals surface area (Å²) < 4.78 is 7.86. The van der Waals surface area contributed by atoms with Gasteiger partial charge in [0.15, 0.2) is 0 Å². The van der Waals surface area contributed by atoms with Crippen LogP contribution in [0.5, 0.6) is 0 Å². The number of methoxy groups -OCH3 is 1. The molecule has 10 heteroatoms. The molecule has 8 nitrogen and oxygen atoms in total. The Kier molecular flexibility index (Phi) is 6.34. The highest BCUT2D eigenvalue weighted by atomic mass is 35.5. The summed E-state index contributed by atoms with van der Waals surface area (Å²) in [4.78, 5) is 20.1. The van der Waals surface area contributed by atoms with E-state index >= 15 is 0 Å². The Morgan fingerprint density at radius 2 is 1.90 bits per heavy atom. The molecule has 39 heavy (non-hydrogen) atoms. The predicted octanol–water partition coefficient (Wildman–Crippen LogP) is 5.34. The lowest BCUT2D eigenvalue weighted by Crippen LogP contribution is -2.45. The summed E-state index contributed by atoms with van der Waals surface area (Å²) in [5.74, 6) is 0.402. The summed E-state index contributed by atoms with van der Waals surface area (Å²) in [6.45, 7) is 0.412. The van der Waals surface area contributed by atoms with Gasteiger partial charge in [0.1, 0.15) is 17.0 Å². The number of aromatic nitrogens is 4. The van der Waals surface area contributed by atoms with E-state index in [0.717, 1.165) is 11.1 Å². The van der Waals surface area contributed by atoms with Crippen LogP contribution in [0.25, 0.3) is 16.8 Å². The Bertz CT molecular complexity index is 1620. The minimum Gasteiger partial charge on any atom is -0.498 e. The number of ether oxygens (including phenoxy) is 1. The fraction of sp³-hybridized carbons (Fsp3) is 0.207. The van der Waals surface area contributed by atoms with E-state index in [2.05, 4.69) is 21.4 Å². The Morgan fingerprint density at radius 1 is 1.13 bits per heavy atom. The largest absolute Gasteiger partial charge is 0.498 e. The van der Waals surface area contributed by atoms with Gasteiger partial charge in [-0.15, -0.1) is 5.10 Å². The van der Waals surface area contributed by atoms with Crippen LogP contribution in [-0.4, -0.2) is 50.0 Å². The highest BCUT2D eigenvalue weighted by Crippen LogP contribution is 2.52. The van der Waals surface area contributed by atoms with Crippen molar-refractivity contribution in [3.05, 3.63) is 106 Å². The maximum atomic E-state index is 14.1. The second-order valence-corrected chi connectivity index (χ2v) is 10.6. The molecule has 4 aromatic rings. The number of carbonyl (C=O) groups is 1. The second-order valence-electron chi connectivity index (χ2n) is 9.68. The van der Waals surface area contributed by atoms with Crippen molar-refractivity contribution in [1.82, 2.24) is 24.9 Å². The van der Waals surface area contributed by atoms with Crippen LogP contribution in [0.4, 0.5) is 0 Å². The van der Waals surface area contributed by atoms with Gasteiger partial charge in [-0.25, -0.2) is 4.68 Å². The fourth-order valence-corrected chi connectivity index (χ4v) is 6.24. The number of benzene rings is 2. The van der Waals surface area contributed by atoms with Crippen molar-refractivity contribution in [3.8, 4) is 17.3 Å². The SMILES string of the molecule is COC1=C(c2cc(Cl)cc(Cl)c2)C(=O)N2C[C@@H](n3cc(-c4cccnc4)nn3)C[C@@]12Cc1ccc(C#N)cc1. The van der Waals surface area contributed by atoms with Gasteiger partial charge >= 0.3 is 0 Å². The second kappa shape index (κ2) is 9.84. The van der Waals surface area contributed by atoms with E-state index in [1.165, 1.54) is 0 Å². The Hall–Kier alpha value is -4.19. The lowest BCUT2D eigenvalue weighted by molar-refractivity contribution is -0.126. The molecule has 194 valence electrons. The molecule has 1 amide bonds. The van der Waals surface area contributed by atoms with E-state index in [4.69, 9.17) is 27.9 Å². The van der Waals surface area contributed by atoms with Gasteiger partial charge in [0, 0.05) is 47.4 Å². The third-order valence-corrected chi connectivity index (χ3v) is 7.81. The predicted molar refractivity (Wildman–Crippen MR) is 147 cm³/mol. The smallest absolute Gasteiger partial charge is 0.258 e. The summed E-state index contributed by atoms with van der Waals surface area (Å²) in [7, 11) is 1.59. The van der Waals surface area contributed by atoms with E-state index in [0.29, 0.717) is 57.6 Å². The molecule has 0 radical (unpaired) electrons. The highest BCUT2D eigenvalue weighted by molar-refractivity contribution is 6.35. The first-order chi connectivity index (χ1) is 18.9. The van der Waals surface area contributed by atoms with Crippen LogP contribution in [0.15, 0.2) is 78.9 Å². The number of fused-ring (bicyclic) bond motifs is 1. The zero-order valence-corrected chi connectivity index (χ0v) is 22.4. The summed E-state index contributed by atoms with van der Waals surface area (Å²) >= 11 is 12.6. The third kappa shape index (κ3) is 4.34. The van der Waals surface area contributed by atoms with E-state index in [-0.39, 0.29) is 11.9 Å². The van der Waals surface area contributed by atoms with Gasteiger partial charge in [0.25, 0.3) is 5.91 Å². The van der Waals surface area contributed by atoms with E-state index in [1.807, 2.05) is 40.0 Å². The lowest BCUT2D eigenvalue weighted by atomic mass is 9.85. The van der Waals surface area contributed by atoms with E-state index < -0.39 is 5.54 Å². The van der Waals surface area contributed by atoms with Crippen molar-refractivity contribution in [2.45, 2.75) is 24.4 Å². The van der Waals surface area contributed by atoms with Crippen LogP contribution in [0, 0.1) is 11.3 Å². The van der Waals surface area contributed by atoms with Crippen LogP contribution >= 0.6 is 23.2 Å². The minimum absolute atomic E-state index is 0.139. The van der Waals surface area contributed by atoms with Gasteiger partial charge in [-0.1, -0.05) is 40.5 Å². The summed E-state index contributed by atoms with van der Waals surface area (Å²) in [6.07, 6.45) is 6.38. The first-order valence-electron chi connectivity index (χ1n) is 12.3. The first-order valence-corrected chi connectivity index (χ1v) is 13.1. The van der Waals surface area contributed by atoms with Crippen LogP contribution in [0.2, 0.25) is 10.0 Å². The zero-order valence-electron chi connectivity index (χ0n) is 20.9. The van der Waals surface area contributed by atoms with Gasteiger partial charge in [-0.3, -0.25) is 9.78 Å². The molecule has 0 aliphatic carbocycles. The molecule has 1 saturated heterocycles. The molecule has 0 unspecified atom stereocenters. The summed E-state index contributed by atoms with van der Waals surface area (Å²) in [5, 5.41) is 18.9. The van der Waals surface area contributed by atoms with E-state index in [1.54, 1.807) is 49.8 Å². The summed E-state index contributed by atoms with van der Waals surface area (Å²) in [6, 6.07) is 18.3. The zero-order chi connectivity index (χ0) is 27.1. The Balaban J connectivity index is 1.44. The number of carbonyl (C=O) groups excluding carboxylic acids is 1. The number of rotatable bonds is 6. The summed E-state index contributed by atoms with van der Waals surface area (Å²) in [5.41, 5.74) is 3.39. The topological polar surface area (TPSA) is 96.9 Å². The minimum atomic E-state index is -0.783. The molecule has 2 aromatic carbocycles. The van der Waals surface area contributed by atoms with Gasteiger partial charge in [0.2, 0.25) is 0 Å². The van der Waals surface area contributed by atoms with Gasteiger partial charge in [-0.2, -0.15) is 5.26 Å². The Labute approximate surface area is 235 Å². The molecular formula is C29H22Cl2N6O2. The van der Waals surface area contributed by atoms with Crippen molar-refractivity contribution in [3.63, 3.8) is 0 Å². The van der Waals surface area contributed by atoms with Crippen molar-refractivity contribution in [1.29, 1.82) is 5.26 Å². The number of nitriles is 1. The number of hydrogen-bond donors (Lipinski definition) is 0. The quantitative estimate of drug-likeness (QED) is 0.317. The molecule has 2 atom stereocenters. The average Bonchev–Trinajstić information content (AvgIpc) is 3.62. The highest BCUT2D eigenvalue weighted by Gasteiger charge is 2.58. The number of hydrogen-bond acceptors (Lipinski definition) is 6. The molecule has 2 aliphatic heterocycles. The standard InChI is InChI=1S/C29H22Cl2N6O2/c1-39-27-26(21-9-22(30)11-23(31)10-21)28(38)36-16-24(37-17-25(34-35-37)20-3-2-8-33-15-20)13-29(27,36)12-18-4-6-19(14-32)7-5-18/h2-11,15,17,24H,12-13,16H2,1H3/t24-,29-/m0/s1. The maximum absolute atomic E-state index is 14.1. The maximum Gasteiger partial charge on any atom is 0.258 e. The van der Waals surface area contributed by atoms with Crippen molar-refractivity contribution in [2.75, 3.05) is 13.7 Å². The molecular weight excluding hydrogens is 535 g/mol. The molecule has 2 aliphatic rings. The monoisotopic (exact) mass is 556 g/mol. The molecule has 2 aromatic heterocycles. The molecule has 0 N–H and O–H groups in total. The molecule has 0 bridgehead atoms. The van der Waals surface area contributed by atoms with Crippen LogP contribution in [0.3, 0.4) is 0 Å². The normalized spacial score (nSPS) is 20.3. The third-order valence-electron chi connectivity index (χ3n) is 7.37. The van der Waals surface area contributed by atoms with Gasteiger partial charge in [0.05, 0.1) is 36.6 Å². The first kappa shape index (κ1) is 25.1. The Morgan fingerprint density at radius 3 is 2.56 bits per heavy atom. The molecule has 4 heterocycles. The van der Waals surface area contributed by atoms with Crippen molar-refractivity contribution >= 4 is 34.7 Å². The fourth-order valence-electron chi connectivity index (χ4n) is 5.71. The van der Waals surface area contributed by atoms with Crippen LogP contribution in [-0.2, 0) is 16.0 Å². The number of amides is 1.